The zero-order chi connectivity index (χ0) is 17.1. The predicted molar refractivity (Wildman–Crippen MR) is 88.0 cm³/mol. The molecule has 0 radical (unpaired) electrons. The number of hydrogen-bond acceptors (Lipinski definition) is 3. The Morgan fingerprint density at radius 1 is 1.04 bits per heavy atom. The summed E-state index contributed by atoms with van der Waals surface area (Å²) < 4.78 is 17.8. The number of rotatable bonds is 5. The van der Waals surface area contributed by atoms with Crippen LogP contribution >= 0.6 is 0 Å². The van der Waals surface area contributed by atoms with Gasteiger partial charge in [0.2, 0.25) is 0 Å². The molecular formula is C19H24FNO3. The van der Waals surface area contributed by atoms with E-state index in [9.17, 15) is 14.0 Å². The van der Waals surface area contributed by atoms with E-state index in [-0.39, 0.29) is 23.7 Å². The Morgan fingerprint density at radius 3 is 2.08 bits per heavy atom. The third-order valence-electron chi connectivity index (χ3n) is 5.16. The second kappa shape index (κ2) is 7.32. The molecule has 2 aliphatic rings. The lowest BCUT2D eigenvalue weighted by molar-refractivity contribution is -0.142. The summed E-state index contributed by atoms with van der Waals surface area (Å²) in [6.07, 6.45) is 6.30. The first-order valence-electron chi connectivity index (χ1n) is 8.73. The summed E-state index contributed by atoms with van der Waals surface area (Å²) in [5, 5.41) is 0. The largest absolute Gasteiger partial charge is 0.469 e. The second-order valence-corrected chi connectivity index (χ2v) is 6.91. The monoisotopic (exact) mass is 333 g/mol. The molecule has 5 heteroatoms. The molecule has 0 aliphatic heterocycles. The minimum atomic E-state index is -0.326. The van der Waals surface area contributed by atoms with Crippen molar-refractivity contribution in [2.24, 2.45) is 5.92 Å². The molecule has 130 valence electrons. The van der Waals surface area contributed by atoms with E-state index in [1.165, 1.54) is 19.2 Å². The zero-order valence-electron chi connectivity index (χ0n) is 14.0. The van der Waals surface area contributed by atoms with E-state index >= 15 is 0 Å². The zero-order valence-corrected chi connectivity index (χ0v) is 14.0. The third-order valence-corrected chi connectivity index (χ3v) is 5.16. The topological polar surface area (TPSA) is 46.6 Å². The molecule has 3 rings (SSSR count). The van der Waals surface area contributed by atoms with Crippen LogP contribution in [0.4, 0.5) is 4.39 Å². The van der Waals surface area contributed by atoms with Gasteiger partial charge in [-0.15, -0.1) is 0 Å². The van der Waals surface area contributed by atoms with Gasteiger partial charge in [0, 0.05) is 24.1 Å². The van der Waals surface area contributed by atoms with Gasteiger partial charge in [0.25, 0.3) is 5.91 Å². The Kier molecular flexibility index (Phi) is 5.17. The number of nitrogens with zero attached hydrogens (tertiary/aromatic N) is 1. The maximum Gasteiger partial charge on any atom is 0.305 e. The molecule has 0 atom stereocenters. The van der Waals surface area contributed by atoms with Crippen LogP contribution < -0.4 is 0 Å². The van der Waals surface area contributed by atoms with Crippen LogP contribution in [0, 0.1) is 11.7 Å². The number of carbonyl (C=O) groups excluding carboxylic acids is 2. The van der Waals surface area contributed by atoms with E-state index in [0.29, 0.717) is 23.9 Å². The van der Waals surface area contributed by atoms with Crippen LogP contribution in [0.15, 0.2) is 24.3 Å². The highest BCUT2D eigenvalue weighted by Crippen LogP contribution is 2.37. The van der Waals surface area contributed by atoms with Crippen molar-refractivity contribution in [3.63, 3.8) is 0 Å². The Bertz CT molecular complexity index is 589. The quantitative estimate of drug-likeness (QED) is 0.774. The summed E-state index contributed by atoms with van der Waals surface area (Å²) >= 11 is 0. The number of methoxy groups -OCH3 is 1. The summed E-state index contributed by atoms with van der Waals surface area (Å²) in [6, 6.07) is 6.36. The summed E-state index contributed by atoms with van der Waals surface area (Å²) in [7, 11) is 1.42. The molecule has 2 aliphatic carbocycles. The number of benzene rings is 1. The van der Waals surface area contributed by atoms with Crippen molar-refractivity contribution in [3.8, 4) is 0 Å². The van der Waals surface area contributed by atoms with Crippen molar-refractivity contribution in [2.75, 3.05) is 7.11 Å². The summed E-state index contributed by atoms with van der Waals surface area (Å²) in [4.78, 5) is 26.3. The predicted octanol–water partition coefficient (Wildman–Crippen LogP) is 3.55. The second-order valence-electron chi connectivity index (χ2n) is 6.91. The highest BCUT2D eigenvalue weighted by atomic mass is 19.1. The van der Waals surface area contributed by atoms with Crippen molar-refractivity contribution < 1.29 is 18.7 Å². The lowest BCUT2D eigenvalue weighted by Crippen LogP contribution is -2.44. The van der Waals surface area contributed by atoms with Gasteiger partial charge in [-0.3, -0.25) is 9.59 Å². The maximum absolute atomic E-state index is 13.1. The number of ether oxygens (including phenoxy) is 1. The number of halogens is 1. The minimum absolute atomic E-state index is 0.00826. The number of amides is 1. The first-order chi connectivity index (χ1) is 11.6. The minimum Gasteiger partial charge on any atom is -0.469 e. The van der Waals surface area contributed by atoms with Crippen LogP contribution in [0.2, 0.25) is 0 Å². The highest BCUT2D eigenvalue weighted by molar-refractivity contribution is 5.94. The van der Waals surface area contributed by atoms with Gasteiger partial charge in [0.15, 0.2) is 0 Å². The summed E-state index contributed by atoms with van der Waals surface area (Å²) in [5.74, 6) is -0.114. The van der Waals surface area contributed by atoms with Crippen LogP contribution in [-0.2, 0) is 9.53 Å². The van der Waals surface area contributed by atoms with E-state index in [2.05, 4.69) is 0 Å². The maximum atomic E-state index is 13.1. The Morgan fingerprint density at radius 2 is 1.58 bits per heavy atom. The van der Waals surface area contributed by atoms with Gasteiger partial charge in [-0.05, 0) is 68.7 Å². The average molecular weight is 333 g/mol. The fourth-order valence-electron chi connectivity index (χ4n) is 3.67. The molecule has 1 aromatic carbocycles. The first kappa shape index (κ1) is 16.9. The number of carbonyl (C=O) groups is 2. The van der Waals surface area contributed by atoms with Gasteiger partial charge in [-0.1, -0.05) is 0 Å². The lowest BCUT2D eigenvalue weighted by atomic mass is 9.83. The molecule has 0 spiro atoms. The van der Waals surface area contributed by atoms with Crippen molar-refractivity contribution in [2.45, 2.75) is 57.0 Å². The van der Waals surface area contributed by atoms with Gasteiger partial charge in [0.1, 0.15) is 5.82 Å². The molecular weight excluding hydrogens is 309 g/mol. The number of esters is 1. The van der Waals surface area contributed by atoms with Gasteiger partial charge < -0.3 is 9.64 Å². The van der Waals surface area contributed by atoms with E-state index in [0.717, 1.165) is 38.5 Å². The molecule has 0 saturated heterocycles. The van der Waals surface area contributed by atoms with Gasteiger partial charge in [-0.2, -0.15) is 0 Å². The van der Waals surface area contributed by atoms with Crippen LogP contribution in [0.5, 0.6) is 0 Å². The molecule has 0 aromatic heterocycles. The smallest absolute Gasteiger partial charge is 0.305 e. The van der Waals surface area contributed by atoms with Crippen molar-refractivity contribution in [3.05, 3.63) is 35.6 Å². The van der Waals surface area contributed by atoms with Crippen molar-refractivity contribution >= 4 is 11.9 Å². The molecule has 4 nitrogen and oxygen atoms in total. The van der Waals surface area contributed by atoms with Crippen molar-refractivity contribution in [1.29, 1.82) is 0 Å². The van der Waals surface area contributed by atoms with Crippen molar-refractivity contribution in [1.82, 2.24) is 4.90 Å². The molecule has 24 heavy (non-hydrogen) atoms. The van der Waals surface area contributed by atoms with E-state index in [1.807, 2.05) is 4.90 Å². The van der Waals surface area contributed by atoms with E-state index < -0.39 is 0 Å². The molecule has 0 heterocycles. The normalized spacial score (nSPS) is 23.6. The lowest BCUT2D eigenvalue weighted by Gasteiger charge is -2.37. The molecule has 2 saturated carbocycles. The SMILES string of the molecule is COC(=O)CC1CCC(N(C(=O)c2ccc(F)cc2)C2CC2)CC1. The first-order valence-corrected chi connectivity index (χ1v) is 8.73. The Hall–Kier alpha value is -1.91. The highest BCUT2D eigenvalue weighted by Gasteiger charge is 2.39. The average Bonchev–Trinajstić information content (AvgIpc) is 3.42. The Labute approximate surface area is 142 Å². The molecule has 0 unspecified atom stereocenters. The van der Waals surface area contributed by atoms with E-state index in [4.69, 9.17) is 4.74 Å². The fourth-order valence-corrected chi connectivity index (χ4v) is 3.67. The fraction of sp³-hybridized carbons (Fsp3) is 0.579. The molecule has 1 amide bonds. The standard InChI is InChI=1S/C19H24FNO3/c1-24-18(22)12-13-2-8-16(9-3-13)21(17-10-11-17)19(23)14-4-6-15(20)7-5-14/h4-7,13,16-17H,2-3,8-12H2,1H3. The molecule has 1 aromatic rings. The van der Waals surface area contributed by atoms with Gasteiger partial charge in [-0.25, -0.2) is 4.39 Å². The molecule has 0 bridgehead atoms. The third kappa shape index (κ3) is 3.94. The van der Waals surface area contributed by atoms with Crippen LogP contribution in [0.25, 0.3) is 0 Å². The number of hydrogen-bond donors (Lipinski definition) is 0. The van der Waals surface area contributed by atoms with Gasteiger partial charge in [0.05, 0.1) is 7.11 Å². The summed E-state index contributed by atoms with van der Waals surface area (Å²) in [6.45, 7) is 0. The molecule has 2 fully saturated rings. The van der Waals surface area contributed by atoms with E-state index in [1.54, 1.807) is 12.1 Å². The van der Waals surface area contributed by atoms with Gasteiger partial charge >= 0.3 is 5.97 Å². The molecule has 0 N–H and O–H groups in total. The van der Waals surface area contributed by atoms with Crippen LogP contribution in [0.3, 0.4) is 0 Å². The Balaban J connectivity index is 1.63. The van der Waals surface area contributed by atoms with Crippen LogP contribution in [-0.4, -0.2) is 36.0 Å². The summed E-state index contributed by atoms with van der Waals surface area (Å²) in [5.41, 5.74) is 0.556. The van der Waals surface area contributed by atoms with Crippen LogP contribution in [0.1, 0.15) is 55.3 Å².